The van der Waals surface area contributed by atoms with Gasteiger partial charge in [0.15, 0.2) is 11.5 Å². The molecule has 2 heterocycles. The van der Waals surface area contributed by atoms with Crippen molar-refractivity contribution in [3.63, 3.8) is 0 Å². The molecule has 1 aromatic carbocycles. The van der Waals surface area contributed by atoms with Gasteiger partial charge in [0.05, 0.1) is 12.5 Å². The highest BCUT2D eigenvalue weighted by Gasteiger charge is 2.30. The third kappa shape index (κ3) is 2.98. The lowest BCUT2D eigenvalue weighted by Gasteiger charge is -2.15. The molecule has 0 bridgehead atoms. The van der Waals surface area contributed by atoms with Crippen LogP contribution in [0.1, 0.15) is 13.3 Å². The second kappa shape index (κ2) is 5.09. The molecule has 1 fully saturated rings. The number of esters is 1. The predicted octanol–water partition coefficient (Wildman–Crippen LogP) is 1.75. The van der Waals surface area contributed by atoms with E-state index in [0.29, 0.717) is 19.6 Å². The summed E-state index contributed by atoms with van der Waals surface area (Å²) in [5, 5.41) is 0. The van der Waals surface area contributed by atoms with E-state index in [1.54, 1.807) is 0 Å². The van der Waals surface area contributed by atoms with E-state index < -0.39 is 6.29 Å². The summed E-state index contributed by atoms with van der Waals surface area (Å²) in [7, 11) is 0. The van der Waals surface area contributed by atoms with Gasteiger partial charge in [0, 0.05) is 6.42 Å². The number of epoxide rings is 1. The van der Waals surface area contributed by atoms with Crippen LogP contribution in [-0.2, 0) is 14.3 Å². The molecule has 19 heavy (non-hydrogen) atoms. The molecule has 5 nitrogen and oxygen atoms in total. The number of carbonyl (C=O) groups is 1. The SMILES string of the molecule is CC(CC1Oc2ccccc2O1)C(=O)OCC1CO1. The second-order valence-corrected chi connectivity index (χ2v) is 4.83. The Labute approximate surface area is 111 Å². The molecule has 0 N–H and O–H groups in total. The van der Waals surface area contributed by atoms with Crippen molar-refractivity contribution < 1.29 is 23.7 Å². The van der Waals surface area contributed by atoms with E-state index >= 15 is 0 Å². The number of hydrogen-bond donors (Lipinski definition) is 0. The molecule has 3 rings (SSSR count). The molecule has 2 unspecified atom stereocenters. The quantitative estimate of drug-likeness (QED) is 0.599. The first-order valence-corrected chi connectivity index (χ1v) is 6.43. The van der Waals surface area contributed by atoms with E-state index in [1.165, 1.54) is 0 Å². The molecule has 5 heteroatoms. The van der Waals surface area contributed by atoms with Crippen LogP contribution in [0, 0.1) is 5.92 Å². The van der Waals surface area contributed by atoms with Crippen LogP contribution in [0.25, 0.3) is 0 Å². The lowest BCUT2D eigenvalue weighted by Crippen LogP contribution is -2.26. The number of fused-ring (bicyclic) bond motifs is 1. The maximum Gasteiger partial charge on any atom is 0.309 e. The summed E-state index contributed by atoms with van der Waals surface area (Å²) in [6.45, 7) is 2.84. The summed E-state index contributed by atoms with van der Waals surface area (Å²) < 4.78 is 21.3. The van der Waals surface area contributed by atoms with Gasteiger partial charge in [-0.05, 0) is 12.1 Å². The molecule has 1 saturated heterocycles. The first kappa shape index (κ1) is 12.3. The molecular formula is C14H16O5. The maximum absolute atomic E-state index is 11.7. The van der Waals surface area contributed by atoms with Gasteiger partial charge in [0.1, 0.15) is 12.7 Å². The molecule has 102 valence electrons. The summed E-state index contributed by atoms with van der Waals surface area (Å²) in [5.74, 6) is 0.940. The molecule has 0 spiro atoms. The van der Waals surface area contributed by atoms with E-state index in [-0.39, 0.29) is 18.0 Å². The molecule has 1 aromatic rings. The average molecular weight is 264 g/mol. The highest BCUT2D eigenvalue weighted by Crippen LogP contribution is 2.35. The fraction of sp³-hybridized carbons (Fsp3) is 0.500. The Morgan fingerprint density at radius 3 is 2.58 bits per heavy atom. The molecule has 0 amide bonds. The molecular weight excluding hydrogens is 248 g/mol. The monoisotopic (exact) mass is 264 g/mol. The maximum atomic E-state index is 11.7. The average Bonchev–Trinajstić information content (AvgIpc) is 3.14. The summed E-state index contributed by atoms with van der Waals surface area (Å²) in [6.07, 6.45) is 0.149. The Hall–Kier alpha value is -1.75. The number of para-hydroxylation sites is 2. The van der Waals surface area contributed by atoms with Crippen LogP contribution >= 0.6 is 0 Å². The molecule has 2 aliphatic heterocycles. The highest BCUT2D eigenvalue weighted by molar-refractivity contribution is 5.72. The van der Waals surface area contributed by atoms with Crippen LogP contribution in [0.3, 0.4) is 0 Å². The number of hydrogen-bond acceptors (Lipinski definition) is 5. The third-order valence-corrected chi connectivity index (χ3v) is 3.13. The smallest absolute Gasteiger partial charge is 0.309 e. The van der Waals surface area contributed by atoms with E-state index in [0.717, 1.165) is 11.5 Å². The van der Waals surface area contributed by atoms with E-state index in [1.807, 2.05) is 31.2 Å². The Bertz CT molecular complexity index is 444. The molecule has 0 aliphatic carbocycles. The third-order valence-electron chi connectivity index (χ3n) is 3.13. The van der Waals surface area contributed by atoms with Crippen LogP contribution in [0.2, 0.25) is 0 Å². The van der Waals surface area contributed by atoms with Crippen molar-refractivity contribution in [3.05, 3.63) is 24.3 Å². The van der Waals surface area contributed by atoms with Gasteiger partial charge in [-0.3, -0.25) is 4.79 Å². The topological polar surface area (TPSA) is 57.3 Å². The van der Waals surface area contributed by atoms with Gasteiger partial charge in [-0.15, -0.1) is 0 Å². The number of ether oxygens (including phenoxy) is 4. The summed E-state index contributed by atoms with van der Waals surface area (Å²) >= 11 is 0. The number of rotatable bonds is 5. The van der Waals surface area contributed by atoms with Crippen LogP contribution in [0.15, 0.2) is 24.3 Å². The Kier molecular flexibility index (Phi) is 3.29. The van der Waals surface area contributed by atoms with E-state index in [2.05, 4.69) is 0 Å². The van der Waals surface area contributed by atoms with Gasteiger partial charge in [-0.25, -0.2) is 0 Å². The lowest BCUT2D eigenvalue weighted by molar-refractivity contribution is -0.150. The van der Waals surface area contributed by atoms with Gasteiger partial charge >= 0.3 is 5.97 Å². The van der Waals surface area contributed by atoms with Gasteiger partial charge < -0.3 is 18.9 Å². The van der Waals surface area contributed by atoms with Crippen molar-refractivity contribution in [1.29, 1.82) is 0 Å². The molecule has 0 saturated carbocycles. The van der Waals surface area contributed by atoms with Gasteiger partial charge in [-0.2, -0.15) is 0 Å². The van der Waals surface area contributed by atoms with Gasteiger partial charge in [-0.1, -0.05) is 19.1 Å². The van der Waals surface area contributed by atoms with Gasteiger partial charge in [0.2, 0.25) is 6.29 Å². The number of carbonyl (C=O) groups excluding carboxylic acids is 1. The Balaban J connectivity index is 1.47. The zero-order valence-electron chi connectivity index (χ0n) is 10.7. The minimum atomic E-state index is -0.419. The van der Waals surface area contributed by atoms with Crippen molar-refractivity contribution in [2.45, 2.75) is 25.7 Å². The van der Waals surface area contributed by atoms with Crippen molar-refractivity contribution in [2.75, 3.05) is 13.2 Å². The highest BCUT2D eigenvalue weighted by atomic mass is 16.7. The standard InChI is InChI=1S/C14H16O5/c1-9(14(15)17-8-10-7-16-10)6-13-18-11-4-2-3-5-12(11)19-13/h2-5,9-10,13H,6-8H2,1H3. The fourth-order valence-corrected chi connectivity index (χ4v) is 1.91. The summed E-state index contributed by atoms with van der Waals surface area (Å²) in [5.41, 5.74) is 0. The zero-order chi connectivity index (χ0) is 13.2. The molecule has 0 aromatic heterocycles. The van der Waals surface area contributed by atoms with Crippen molar-refractivity contribution in [2.24, 2.45) is 5.92 Å². The summed E-state index contributed by atoms with van der Waals surface area (Å²) in [4.78, 5) is 11.7. The minimum Gasteiger partial charge on any atom is -0.463 e. The molecule has 2 aliphatic rings. The van der Waals surface area contributed by atoms with Crippen LogP contribution in [0.5, 0.6) is 11.5 Å². The van der Waals surface area contributed by atoms with Crippen LogP contribution in [-0.4, -0.2) is 31.6 Å². The second-order valence-electron chi connectivity index (χ2n) is 4.83. The van der Waals surface area contributed by atoms with E-state index in [4.69, 9.17) is 18.9 Å². The zero-order valence-corrected chi connectivity index (χ0v) is 10.7. The van der Waals surface area contributed by atoms with Gasteiger partial charge in [0.25, 0.3) is 0 Å². The normalized spacial score (nSPS) is 22.1. The van der Waals surface area contributed by atoms with Crippen molar-refractivity contribution in [3.8, 4) is 11.5 Å². The van der Waals surface area contributed by atoms with Crippen LogP contribution in [0.4, 0.5) is 0 Å². The first-order valence-electron chi connectivity index (χ1n) is 6.43. The number of benzene rings is 1. The van der Waals surface area contributed by atoms with Crippen molar-refractivity contribution >= 4 is 5.97 Å². The molecule has 2 atom stereocenters. The predicted molar refractivity (Wildman–Crippen MR) is 66.0 cm³/mol. The van der Waals surface area contributed by atoms with E-state index in [9.17, 15) is 4.79 Å². The first-order chi connectivity index (χ1) is 9.22. The molecule has 0 radical (unpaired) electrons. The summed E-state index contributed by atoms with van der Waals surface area (Å²) in [6, 6.07) is 7.47. The van der Waals surface area contributed by atoms with Crippen LogP contribution < -0.4 is 9.47 Å². The largest absolute Gasteiger partial charge is 0.463 e. The fourth-order valence-electron chi connectivity index (χ4n) is 1.91. The minimum absolute atomic E-state index is 0.0967. The lowest BCUT2D eigenvalue weighted by atomic mass is 10.1. The Morgan fingerprint density at radius 2 is 2.00 bits per heavy atom. The van der Waals surface area contributed by atoms with Crippen molar-refractivity contribution in [1.82, 2.24) is 0 Å². The Morgan fingerprint density at radius 1 is 1.37 bits per heavy atom.